The summed E-state index contributed by atoms with van der Waals surface area (Å²) >= 11 is 4.94. The van der Waals surface area contributed by atoms with Crippen LogP contribution in [0.3, 0.4) is 0 Å². The molecule has 2 aromatic rings. The number of nitrogens with zero attached hydrogens (tertiary/aromatic N) is 2. The molecule has 0 saturated carbocycles. The van der Waals surface area contributed by atoms with Gasteiger partial charge in [-0.3, -0.25) is 14.3 Å². The average Bonchev–Trinajstić information content (AvgIpc) is 2.39. The molecule has 6 nitrogen and oxygen atoms in total. The van der Waals surface area contributed by atoms with Gasteiger partial charge in [-0.25, -0.2) is 4.79 Å². The highest BCUT2D eigenvalue weighted by atomic mass is 32.1. The first-order valence-electron chi connectivity index (χ1n) is 3.90. The molecule has 0 spiro atoms. The zero-order valence-corrected chi connectivity index (χ0v) is 8.44. The van der Waals surface area contributed by atoms with Crippen LogP contribution in [0.2, 0.25) is 0 Å². The molecule has 2 heterocycles. The second-order valence-electron chi connectivity index (χ2n) is 3.01. The Morgan fingerprint density at radius 2 is 1.79 bits per heavy atom. The van der Waals surface area contributed by atoms with E-state index in [1.165, 1.54) is 11.6 Å². The first kappa shape index (κ1) is 8.95. The van der Waals surface area contributed by atoms with Crippen molar-refractivity contribution in [3.8, 4) is 0 Å². The fourth-order valence-electron chi connectivity index (χ4n) is 1.30. The first-order valence-corrected chi connectivity index (χ1v) is 4.31. The Hall–Kier alpha value is -1.63. The summed E-state index contributed by atoms with van der Waals surface area (Å²) in [6.07, 6.45) is 0. The standard InChI is InChI=1S/C7H8N4O2S/c1-10-3-4(9-7(10)14)8-6(13)11(2)5(3)12/h1-2H3,(H,8,13)(H,9,14). The highest BCUT2D eigenvalue weighted by molar-refractivity contribution is 7.71. The van der Waals surface area contributed by atoms with Gasteiger partial charge in [-0.15, -0.1) is 0 Å². The molecule has 2 rings (SSSR count). The Labute approximate surface area is 82.8 Å². The van der Waals surface area contributed by atoms with Crippen molar-refractivity contribution in [3.63, 3.8) is 0 Å². The van der Waals surface area contributed by atoms with Gasteiger partial charge in [-0.2, -0.15) is 0 Å². The monoisotopic (exact) mass is 212 g/mol. The largest absolute Gasteiger partial charge is 0.329 e. The topological polar surface area (TPSA) is 75.6 Å². The molecule has 0 aliphatic carbocycles. The summed E-state index contributed by atoms with van der Waals surface area (Å²) in [6, 6.07) is 0. The zero-order chi connectivity index (χ0) is 10.5. The molecule has 0 saturated heterocycles. The number of aromatic nitrogens is 4. The Kier molecular flexibility index (Phi) is 1.71. The van der Waals surface area contributed by atoms with Crippen molar-refractivity contribution in [1.29, 1.82) is 0 Å². The van der Waals surface area contributed by atoms with Crippen molar-refractivity contribution in [2.45, 2.75) is 0 Å². The molecule has 0 unspecified atom stereocenters. The maximum Gasteiger partial charge on any atom is 0.329 e. The smallest absolute Gasteiger partial charge is 0.317 e. The summed E-state index contributed by atoms with van der Waals surface area (Å²) in [5.74, 6) is 0. The number of aryl methyl sites for hydroxylation is 1. The van der Waals surface area contributed by atoms with E-state index >= 15 is 0 Å². The van der Waals surface area contributed by atoms with Gasteiger partial charge in [-0.1, -0.05) is 0 Å². The van der Waals surface area contributed by atoms with Crippen molar-refractivity contribution >= 4 is 23.4 Å². The molecule has 0 fully saturated rings. The number of H-pyrrole nitrogens is 2. The van der Waals surface area contributed by atoms with Gasteiger partial charge in [0.2, 0.25) is 0 Å². The lowest BCUT2D eigenvalue weighted by Gasteiger charge is -1.96. The van der Waals surface area contributed by atoms with E-state index in [2.05, 4.69) is 9.97 Å². The van der Waals surface area contributed by atoms with Gasteiger partial charge < -0.3 is 9.55 Å². The van der Waals surface area contributed by atoms with Gasteiger partial charge in [0.05, 0.1) is 0 Å². The molecule has 2 N–H and O–H groups in total. The third-order valence-corrected chi connectivity index (χ3v) is 2.53. The number of rotatable bonds is 0. The highest BCUT2D eigenvalue weighted by Crippen LogP contribution is 2.01. The normalized spacial score (nSPS) is 11.0. The van der Waals surface area contributed by atoms with E-state index in [1.54, 1.807) is 7.05 Å². The van der Waals surface area contributed by atoms with Crippen molar-refractivity contribution in [3.05, 3.63) is 25.6 Å². The van der Waals surface area contributed by atoms with Crippen molar-refractivity contribution in [2.24, 2.45) is 14.1 Å². The third kappa shape index (κ3) is 0.987. The lowest BCUT2D eigenvalue weighted by Crippen LogP contribution is -2.33. The fraction of sp³-hybridized carbons (Fsp3) is 0.286. The highest BCUT2D eigenvalue weighted by Gasteiger charge is 2.08. The summed E-state index contributed by atoms with van der Waals surface area (Å²) in [5, 5.41) is 0. The Balaban J connectivity index is 3.24. The maximum absolute atomic E-state index is 11.6. The van der Waals surface area contributed by atoms with Crippen LogP contribution in [0.15, 0.2) is 9.59 Å². The van der Waals surface area contributed by atoms with Gasteiger partial charge in [-0.05, 0) is 12.2 Å². The lowest BCUT2D eigenvalue weighted by molar-refractivity contribution is 0.782. The Morgan fingerprint density at radius 3 is 2.43 bits per heavy atom. The molecular formula is C7H8N4O2S. The van der Waals surface area contributed by atoms with Crippen LogP contribution >= 0.6 is 12.2 Å². The van der Waals surface area contributed by atoms with Gasteiger partial charge in [0.1, 0.15) is 5.65 Å². The second-order valence-corrected chi connectivity index (χ2v) is 3.39. The second kappa shape index (κ2) is 2.68. The Bertz CT molecular complexity index is 672. The minimum atomic E-state index is -0.459. The summed E-state index contributed by atoms with van der Waals surface area (Å²) in [7, 11) is 3.08. The van der Waals surface area contributed by atoms with Crippen LogP contribution in [0.5, 0.6) is 0 Å². The van der Waals surface area contributed by atoms with Gasteiger partial charge in [0.25, 0.3) is 5.56 Å². The first-order chi connectivity index (χ1) is 6.52. The summed E-state index contributed by atoms with van der Waals surface area (Å²) in [6.45, 7) is 0. The van der Waals surface area contributed by atoms with Crippen LogP contribution in [0.25, 0.3) is 11.2 Å². The molecule has 0 atom stereocenters. The molecule has 7 heteroatoms. The van der Waals surface area contributed by atoms with Crippen LogP contribution in [0.1, 0.15) is 0 Å². The summed E-state index contributed by atoms with van der Waals surface area (Å²) in [5.41, 5.74) is -0.0827. The van der Waals surface area contributed by atoms with Crippen LogP contribution in [-0.2, 0) is 14.1 Å². The van der Waals surface area contributed by atoms with Crippen LogP contribution < -0.4 is 11.2 Å². The predicted octanol–water partition coefficient (Wildman–Crippen LogP) is -0.377. The molecule has 0 radical (unpaired) electrons. The van der Waals surface area contributed by atoms with E-state index in [0.29, 0.717) is 15.9 Å². The third-order valence-electron chi connectivity index (χ3n) is 2.15. The molecule has 2 aromatic heterocycles. The van der Waals surface area contributed by atoms with E-state index in [1.807, 2.05) is 0 Å². The lowest BCUT2D eigenvalue weighted by atomic mass is 10.5. The molecule has 74 valence electrons. The summed E-state index contributed by atoms with van der Waals surface area (Å²) < 4.78 is 2.94. The number of hydrogen-bond acceptors (Lipinski definition) is 3. The van der Waals surface area contributed by atoms with Crippen molar-refractivity contribution in [1.82, 2.24) is 19.1 Å². The molecular weight excluding hydrogens is 204 g/mol. The van der Waals surface area contributed by atoms with Crippen molar-refractivity contribution in [2.75, 3.05) is 0 Å². The predicted molar refractivity (Wildman–Crippen MR) is 54.0 cm³/mol. The van der Waals surface area contributed by atoms with Crippen LogP contribution in [0.4, 0.5) is 0 Å². The molecule has 0 aromatic carbocycles. The minimum absolute atomic E-state index is 0.362. The molecule has 0 aliphatic heterocycles. The number of imidazole rings is 1. The SMILES string of the molecule is Cn1c(=O)[nH]c2[nH]c(=S)n(C)c2c1=O. The van der Waals surface area contributed by atoms with Crippen LogP contribution in [0, 0.1) is 4.77 Å². The molecule has 0 amide bonds. The van der Waals surface area contributed by atoms with E-state index in [4.69, 9.17) is 12.2 Å². The van der Waals surface area contributed by atoms with Gasteiger partial charge in [0, 0.05) is 14.1 Å². The number of fused-ring (bicyclic) bond motifs is 1. The van der Waals surface area contributed by atoms with Crippen LogP contribution in [-0.4, -0.2) is 19.1 Å². The molecule has 0 bridgehead atoms. The van der Waals surface area contributed by atoms with E-state index < -0.39 is 5.69 Å². The van der Waals surface area contributed by atoms with Gasteiger partial charge in [0.15, 0.2) is 10.3 Å². The quantitative estimate of drug-likeness (QED) is 0.585. The number of hydrogen-bond donors (Lipinski definition) is 2. The van der Waals surface area contributed by atoms with E-state index in [-0.39, 0.29) is 5.56 Å². The average molecular weight is 212 g/mol. The number of nitrogens with one attached hydrogen (secondary N) is 2. The van der Waals surface area contributed by atoms with E-state index in [9.17, 15) is 9.59 Å². The number of aromatic amines is 2. The fourth-order valence-corrected chi connectivity index (χ4v) is 1.50. The maximum atomic E-state index is 11.6. The van der Waals surface area contributed by atoms with Gasteiger partial charge >= 0.3 is 5.69 Å². The molecule has 0 aliphatic rings. The minimum Gasteiger partial charge on any atom is -0.317 e. The Morgan fingerprint density at radius 1 is 1.14 bits per heavy atom. The summed E-state index contributed by atoms with van der Waals surface area (Å²) in [4.78, 5) is 28.1. The van der Waals surface area contributed by atoms with E-state index in [0.717, 1.165) is 4.57 Å². The zero-order valence-electron chi connectivity index (χ0n) is 7.62. The van der Waals surface area contributed by atoms with Crippen molar-refractivity contribution < 1.29 is 0 Å². The molecule has 14 heavy (non-hydrogen) atoms.